The molecule has 0 radical (unpaired) electrons. The first-order valence-corrected chi connectivity index (χ1v) is 7.77. The molecule has 1 aliphatic heterocycles. The molecule has 2 rings (SSSR count). The fraction of sp³-hybridized carbons (Fsp3) is 0.588. The van der Waals surface area contributed by atoms with Crippen molar-refractivity contribution >= 4 is 11.6 Å². The molecule has 21 heavy (non-hydrogen) atoms. The SMILES string of the molecule is CC(CCN(C)C)NC(=O)C1Cc2ccccc2NC1C. The maximum absolute atomic E-state index is 12.5. The Morgan fingerprint density at radius 1 is 1.43 bits per heavy atom. The van der Waals surface area contributed by atoms with Gasteiger partial charge >= 0.3 is 0 Å². The Morgan fingerprint density at radius 3 is 2.86 bits per heavy atom. The Hall–Kier alpha value is -1.55. The largest absolute Gasteiger partial charge is 0.382 e. The predicted octanol–water partition coefficient (Wildman–Crippen LogP) is 2.12. The third-order valence-electron chi connectivity index (χ3n) is 4.18. The summed E-state index contributed by atoms with van der Waals surface area (Å²) in [6.45, 7) is 5.16. The monoisotopic (exact) mass is 289 g/mol. The highest BCUT2D eigenvalue weighted by atomic mass is 16.2. The minimum absolute atomic E-state index is 0.00158. The number of rotatable bonds is 5. The molecule has 1 aromatic rings. The summed E-state index contributed by atoms with van der Waals surface area (Å²) >= 11 is 0. The third kappa shape index (κ3) is 4.21. The van der Waals surface area contributed by atoms with Crippen molar-refractivity contribution < 1.29 is 4.79 Å². The van der Waals surface area contributed by atoms with Gasteiger partial charge in [0.15, 0.2) is 0 Å². The zero-order valence-electron chi connectivity index (χ0n) is 13.5. The van der Waals surface area contributed by atoms with Gasteiger partial charge in [-0.15, -0.1) is 0 Å². The van der Waals surface area contributed by atoms with Crippen molar-refractivity contribution in [1.82, 2.24) is 10.2 Å². The van der Waals surface area contributed by atoms with Gasteiger partial charge in [-0.05, 0) is 59.0 Å². The molecule has 1 amide bonds. The summed E-state index contributed by atoms with van der Waals surface area (Å²) in [7, 11) is 4.11. The molecule has 0 spiro atoms. The van der Waals surface area contributed by atoms with Gasteiger partial charge in [-0.3, -0.25) is 4.79 Å². The number of anilines is 1. The highest BCUT2D eigenvalue weighted by Crippen LogP contribution is 2.28. The molecule has 4 heteroatoms. The van der Waals surface area contributed by atoms with Crippen LogP contribution in [0.5, 0.6) is 0 Å². The smallest absolute Gasteiger partial charge is 0.225 e. The molecule has 0 aromatic heterocycles. The van der Waals surface area contributed by atoms with E-state index in [9.17, 15) is 4.79 Å². The second kappa shape index (κ2) is 6.94. The molecule has 0 saturated heterocycles. The van der Waals surface area contributed by atoms with E-state index in [2.05, 4.69) is 55.6 Å². The fourth-order valence-electron chi connectivity index (χ4n) is 2.79. The molecule has 2 N–H and O–H groups in total. The molecule has 3 unspecified atom stereocenters. The molecule has 0 aliphatic carbocycles. The number of carbonyl (C=O) groups is 1. The van der Waals surface area contributed by atoms with Gasteiger partial charge in [-0.25, -0.2) is 0 Å². The van der Waals surface area contributed by atoms with Crippen molar-refractivity contribution in [3.05, 3.63) is 29.8 Å². The molecule has 0 saturated carbocycles. The maximum Gasteiger partial charge on any atom is 0.225 e. The van der Waals surface area contributed by atoms with Crippen molar-refractivity contribution in [2.45, 2.75) is 38.8 Å². The fourth-order valence-corrected chi connectivity index (χ4v) is 2.79. The number of para-hydroxylation sites is 1. The standard InChI is InChI=1S/C17H27N3O/c1-12(9-10-20(3)4)18-17(21)15-11-14-7-5-6-8-16(14)19-13(15)2/h5-8,12-13,15,19H,9-11H2,1-4H3,(H,18,21). The lowest BCUT2D eigenvalue weighted by molar-refractivity contribution is -0.126. The molecule has 1 aromatic carbocycles. The molecular weight excluding hydrogens is 262 g/mol. The first kappa shape index (κ1) is 15.8. The summed E-state index contributed by atoms with van der Waals surface area (Å²) in [4.78, 5) is 14.7. The van der Waals surface area contributed by atoms with Crippen LogP contribution < -0.4 is 10.6 Å². The molecular formula is C17H27N3O. The Kier molecular flexibility index (Phi) is 5.23. The highest BCUT2D eigenvalue weighted by molar-refractivity contribution is 5.81. The minimum Gasteiger partial charge on any atom is -0.382 e. The van der Waals surface area contributed by atoms with Gasteiger partial charge in [0, 0.05) is 17.8 Å². The van der Waals surface area contributed by atoms with Crippen LogP contribution in [0.2, 0.25) is 0 Å². The van der Waals surface area contributed by atoms with E-state index in [4.69, 9.17) is 0 Å². The predicted molar refractivity (Wildman–Crippen MR) is 87.5 cm³/mol. The summed E-state index contributed by atoms with van der Waals surface area (Å²) in [5.74, 6) is 0.164. The van der Waals surface area contributed by atoms with Crippen LogP contribution in [0.3, 0.4) is 0 Å². The first-order valence-electron chi connectivity index (χ1n) is 7.77. The quantitative estimate of drug-likeness (QED) is 0.872. The summed E-state index contributed by atoms with van der Waals surface area (Å²) in [6, 6.07) is 8.63. The van der Waals surface area contributed by atoms with Gasteiger partial charge in [0.1, 0.15) is 0 Å². The normalized spacial score (nSPS) is 22.3. The van der Waals surface area contributed by atoms with Crippen LogP contribution in [0.25, 0.3) is 0 Å². The topological polar surface area (TPSA) is 44.4 Å². The Morgan fingerprint density at radius 2 is 2.14 bits per heavy atom. The lowest BCUT2D eigenvalue weighted by Crippen LogP contribution is -2.46. The summed E-state index contributed by atoms with van der Waals surface area (Å²) < 4.78 is 0. The van der Waals surface area contributed by atoms with Gasteiger partial charge in [-0.1, -0.05) is 18.2 Å². The molecule has 1 aliphatic rings. The van der Waals surface area contributed by atoms with E-state index in [-0.39, 0.29) is 23.9 Å². The Labute approximate surface area is 127 Å². The first-order chi connectivity index (χ1) is 9.97. The lowest BCUT2D eigenvalue weighted by atomic mass is 9.87. The second-order valence-corrected chi connectivity index (χ2v) is 6.40. The number of nitrogens with one attached hydrogen (secondary N) is 2. The van der Waals surface area contributed by atoms with Crippen LogP contribution in [-0.2, 0) is 11.2 Å². The third-order valence-corrected chi connectivity index (χ3v) is 4.18. The lowest BCUT2D eigenvalue weighted by Gasteiger charge is -2.32. The minimum atomic E-state index is 0.00158. The van der Waals surface area contributed by atoms with E-state index in [1.54, 1.807) is 0 Å². The number of carbonyl (C=O) groups excluding carboxylic acids is 1. The molecule has 3 atom stereocenters. The van der Waals surface area contributed by atoms with Gasteiger partial charge < -0.3 is 15.5 Å². The van der Waals surface area contributed by atoms with E-state index in [1.165, 1.54) is 5.56 Å². The van der Waals surface area contributed by atoms with E-state index >= 15 is 0 Å². The summed E-state index contributed by atoms with van der Waals surface area (Å²) in [5.41, 5.74) is 2.39. The van der Waals surface area contributed by atoms with Crippen molar-refractivity contribution in [3.8, 4) is 0 Å². The molecule has 0 bridgehead atoms. The summed E-state index contributed by atoms with van der Waals surface area (Å²) in [6.07, 6.45) is 1.79. The van der Waals surface area contributed by atoms with Crippen LogP contribution >= 0.6 is 0 Å². The van der Waals surface area contributed by atoms with Crippen LogP contribution in [0.1, 0.15) is 25.8 Å². The number of hydrogen-bond acceptors (Lipinski definition) is 3. The zero-order valence-corrected chi connectivity index (χ0v) is 13.5. The average Bonchev–Trinajstić information content (AvgIpc) is 2.44. The molecule has 1 heterocycles. The van der Waals surface area contributed by atoms with Crippen LogP contribution in [0, 0.1) is 5.92 Å². The van der Waals surface area contributed by atoms with Crippen molar-refractivity contribution in [1.29, 1.82) is 0 Å². The maximum atomic E-state index is 12.5. The molecule has 4 nitrogen and oxygen atoms in total. The highest BCUT2D eigenvalue weighted by Gasteiger charge is 2.30. The van der Waals surface area contributed by atoms with E-state index in [0.29, 0.717) is 0 Å². The number of hydrogen-bond donors (Lipinski definition) is 2. The van der Waals surface area contributed by atoms with Crippen molar-refractivity contribution in [2.75, 3.05) is 26.0 Å². The van der Waals surface area contributed by atoms with Gasteiger partial charge in [-0.2, -0.15) is 0 Å². The van der Waals surface area contributed by atoms with E-state index in [1.807, 2.05) is 12.1 Å². The number of amides is 1. The van der Waals surface area contributed by atoms with Gasteiger partial charge in [0.2, 0.25) is 5.91 Å². The van der Waals surface area contributed by atoms with Crippen LogP contribution in [-0.4, -0.2) is 43.5 Å². The van der Waals surface area contributed by atoms with Crippen molar-refractivity contribution in [3.63, 3.8) is 0 Å². The number of fused-ring (bicyclic) bond motifs is 1. The Bertz CT molecular complexity index is 487. The second-order valence-electron chi connectivity index (χ2n) is 6.40. The average molecular weight is 289 g/mol. The molecule has 116 valence electrons. The van der Waals surface area contributed by atoms with Crippen LogP contribution in [0.15, 0.2) is 24.3 Å². The van der Waals surface area contributed by atoms with Gasteiger partial charge in [0.05, 0.1) is 5.92 Å². The van der Waals surface area contributed by atoms with E-state index < -0.39 is 0 Å². The number of nitrogens with zero attached hydrogens (tertiary/aromatic N) is 1. The number of benzene rings is 1. The van der Waals surface area contributed by atoms with Crippen LogP contribution in [0.4, 0.5) is 5.69 Å². The summed E-state index contributed by atoms with van der Waals surface area (Å²) in [5, 5.41) is 6.61. The van der Waals surface area contributed by atoms with Gasteiger partial charge in [0.25, 0.3) is 0 Å². The zero-order chi connectivity index (χ0) is 15.4. The molecule has 0 fully saturated rings. The van der Waals surface area contributed by atoms with E-state index in [0.717, 1.165) is 25.1 Å². The van der Waals surface area contributed by atoms with Crippen molar-refractivity contribution in [2.24, 2.45) is 5.92 Å². The Balaban J connectivity index is 1.94.